The van der Waals surface area contributed by atoms with Gasteiger partial charge in [-0.1, -0.05) is 42.5 Å². The van der Waals surface area contributed by atoms with E-state index in [-0.39, 0.29) is 4.81 Å². The molecular formula is C17H18NO2+. The second kappa shape index (κ2) is 4.87. The monoisotopic (exact) mass is 268 g/mol. The molecule has 0 saturated heterocycles. The first-order valence-corrected chi connectivity index (χ1v) is 6.58. The van der Waals surface area contributed by atoms with Gasteiger partial charge in [0.25, 0.3) is 0 Å². The maximum atomic E-state index is 5.55. The zero-order valence-corrected chi connectivity index (χ0v) is 12.0. The summed E-state index contributed by atoms with van der Waals surface area (Å²) in [5.74, 6) is 0. The molecule has 0 atom stereocenters. The van der Waals surface area contributed by atoms with Crippen LogP contribution in [0.1, 0.15) is 0 Å². The van der Waals surface area contributed by atoms with Gasteiger partial charge in [-0.2, -0.15) is 9.68 Å². The summed E-state index contributed by atoms with van der Waals surface area (Å²) in [4.78, 5) is 11.1. The second-order valence-electron chi connectivity index (χ2n) is 4.87. The highest BCUT2D eigenvalue weighted by Crippen LogP contribution is 2.36. The molecule has 0 N–H and O–H groups in total. The van der Waals surface area contributed by atoms with Crippen LogP contribution in [-0.2, 0) is 9.68 Å². The quantitative estimate of drug-likeness (QED) is 0.405. The number of nitrogens with zero attached hydrogens (tertiary/aromatic N) is 1. The Labute approximate surface area is 118 Å². The van der Waals surface area contributed by atoms with Crippen LogP contribution in [0.25, 0.3) is 21.5 Å². The van der Waals surface area contributed by atoms with Crippen molar-refractivity contribution in [1.82, 2.24) is 4.81 Å². The summed E-state index contributed by atoms with van der Waals surface area (Å²) >= 11 is 0. The van der Waals surface area contributed by atoms with Crippen molar-refractivity contribution in [3.63, 3.8) is 0 Å². The third kappa shape index (κ3) is 1.88. The molecule has 3 heteroatoms. The van der Waals surface area contributed by atoms with Crippen molar-refractivity contribution in [2.45, 2.75) is 0 Å². The Bertz CT molecular complexity index is 763. The predicted octanol–water partition coefficient (Wildman–Crippen LogP) is 4.05. The first-order valence-electron chi connectivity index (χ1n) is 6.58. The normalized spacial score (nSPS) is 12.2. The molecule has 20 heavy (non-hydrogen) atoms. The highest BCUT2D eigenvalue weighted by Gasteiger charge is 2.29. The largest absolute Gasteiger partial charge is 0.208 e. The minimum atomic E-state index is -0.0225. The molecule has 3 nitrogen and oxygen atoms in total. The van der Waals surface area contributed by atoms with E-state index in [1.807, 2.05) is 19.2 Å². The molecule has 3 rings (SSSR count). The fraction of sp³-hybridized carbons (Fsp3) is 0.176. The van der Waals surface area contributed by atoms with Gasteiger partial charge < -0.3 is 0 Å². The van der Waals surface area contributed by atoms with Crippen molar-refractivity contribution in [1.29, 1.82) is 0 Å². The molecule has 0 saturated carbocycles. The van der Waals surface area contributed by atoms with Crippen LogP contribution in [0.3, 0.4) is 0 Å². The standard InChI is InChI=1S/C17H18NO2/c1-18(19-2,20-3)17-12-13-8-4-5-9-14(13)15-10-6-7-11-16(15)17/h4-12H,1-3H3/q+1. The Kier molecular flexibility index (Phi) is 3.18. The molecule has 0 unspecified atom stereocenters. The van der Waals surface area contributed by atoms with E-state index in [1.54, 1.807) is 14.2 Å². The van der Waals surface area contributed by atoms with Crippen LogP contribution in [0.4, 0.5) is 5.69 Å². The van der Waals surface area contributed by atoms with Gasteiger partial charge in [-0.3, -0.25) is 0 Å². The fourth-order valence-corrected chi connectivity index (χ4v) is 2.64. The van der Waals surface area contributed by atoms with Gasteiger partial charge in [0.1, 0.15) is 21.3 Å². The number of fused-ring (bicyclic) bond motifs is 3. The molecule has 0 aliphatic rings. The average Bonchev–Trinajstić information content (AvgIpc) is 2.53. The van der Waals surface area contributed by atoms with Gasteiger partial charge >= 0.3 is 0 Å². The lowest BCUT2D eigenvalue weighted by molar-refractivity contribution is -0.310. The average molecular weight is 268 g/mol. The molecule has 0 amide bonds. The second-order valence-corrected chi connectivity index (χ2v) is 4.87. The first kappa shape index (κ1) is 13.1. The zero-order valence-electron chi connectivity index (χ0n) is 12.0. The van der Waals surface area contributed by atoms with E-state index in [4.69, 9.17) is 9.68 Å². The molecule has 102 valence electrons. The summed E-state index contributed by atoms with van der Waals surface area (Å²) in [7, 11) is 5.18. The molecule has 0 bridgehead atoms. The SMILES string of the molecule is CO[N+](C)(OC)c1cc2ccccc2c2ccccc12. The van der Waals surface area contributed by atoms with Crippen LogP contribution < -0.4 is 4.81 Å². The third-order valence-corrected chi connectivity index (χ3v) is 3.88. The van der Waals surface area contributed by atoms with Crippen LogP contribution in [0.5, 0.6) is 0 Å². The minimum absolute atomic E-state index is 0.0225. The number of hydrogen-bond donors (Lipinski definition) is 0. The van der Waals surface area contributed by atoms with E-state index in [2.05, 4.69) is 42.5 Å². The van der Waals surface area contributed by atoms with Crippen molar-refractivity contribution in [3.8, 4) is 0 Å². The van der Waals surface area contributed by atoms with Gasteiger partial charge in [0.2, 0.25) is 5.69 Å². The predicted molar refractivity (Wildman–Crippen MR) is 83.2 cm³/mol. The van der Waals surface area contributed by atoms with Crippen molar-refractivity contribution < 1.29 is 9.68 Å². The number of benzene rings is 3. The summed E-state index contributed by atoms with van der Waals surface area (Å²) in [5.41, 5.74) is 0.990. The molecular weight excluding hydrogens is 250 g/mol. The molecule has 0 radical (unpaired) electrons. The van der Waals surface area contributed by atoms with Gasteiger partial charge in [-0.25, -0.2) is 0 Å². The Balaban J connectivity index is 2.46. The highest BCUT2D eigenvalue weighted by molar-refractivity contribution is 6.12. The minimum Gasteiger partial charge on any atom is -0.166 e. The fourth-order valence-electron chi connectivity index (χ4n) is 2.64. The van der Waals surface area contributed by atoms with E-state index >= 15 is 0 Å². The van der Waals surface area contributed by atoms with Crippen LogP contribution in [0.2, 0.25) is 0 Å². The Morgan fingerprint density at radius 2 is 1.30 bits per heavy atom. The first-order chi connectivity index (χ1) is 9.69. The lowest BCUT2D eigenvalue weighted by Gasteiger charge is -2.26. The molecule has 0 fully saturated rings. The number of quaternary nitrogens is 1. The molecule has 0 heterocycles. The smallest absolute Gasteiger partial charge is 0.166 e. The van der Waals surface area contributed by atoms with E-state index in [1.165, 1.54) is 16.2 Å². The van der Waals surface area contributed by atoms with E-state index < -0.39 is 0 Å². The number of hydrogen-bond acceptors (Lipinski definition) is 2. The third-order valence-electron chi connectivity index (χ3n) is 3.88. The molecule has 3 aromatic carbocycles. The summed E-state index contributed by atoms with van der Waals surface area (Å²) in [6.45, 7) is 0. The summed E-state index contributed by atoms with van der Waals surface area (Å²) in [6.07, 6.45) is 0. The summed E-state index contributed by atoms with van der Waals surface area (Å²) < 4.78 is 0. The van der Waals surface area contributed by atoms with Gasteiger partial charge in [0, 0.05) is 11.5 Å². The zero-order chi connectivity index (χ0) is 14.2. The van der Waals surface area contributed by atoms with Crippen LogP contribution >= 0.6 is 0 Å². The van der Waals surface area contributed by atoms with Gasteiger partial charge in [-0.15, -0.1) is 0 Å². The maximum Gasteiger partial charge on any atom is 0.208 e. The highest BCUT2D eigenvalue weighted by atomic mass is 17.0. The summed E-state index contributed by atoms with van der Waals surface area (Å²) in [5, 5.41) is 4.77. The number of rotatable bonds is 3. The molecule has 3 aromatic rings. The molecule has 0 aliphatic heterocycles. The van der Waals surface area contributed by atoms with Crippen LogP contribution in [0, 0.1) is 0 Å². The van der Waals surface area contributed by atoms with Crippen molar-refractivity contribution >= 4 is 27.2 Å². The number of hydroxylamine groups is 2. The summed E-state index contributed by atoms with van der Waals surface area (Å²) in [6, 6.07) is 18.8. The Hall–Kier alpha value is -1.94. The van der Waals surface area contributed by atoms with Crippen LogP contribution in [0.15, 0.2) is 54.6 Å². The van der Waals surface area contributed by atoms with Gasteiger partial charge in [0.15, 0.2) is 0 Å². The Morgan fingerprint density at radius 3 is 1.95 bits per heavy atom. The Morgan fingerprint density at radius 1 is 0.750 bits per heavy atom. The molecule has 0 aliphatic carbocycles. The van der Waals surface area contributed by atoms with Crippen molar-refractivity contribution in [3.05, 3.63) is 54.6 Å². The topological polar surface area (TPSA) is 18.5 Å². The van der Waals surface area contributed by atoms with E-state index in [0.717, 1.165) is 11.1 Å². The lowest BCUT2D eigenvalue weighted by Crippen LogP contribution is -2.42. The van der Waals surface area contributed by atoms with Crippen LogP contribution in [-0.4, -0.2) is 21.3 Å². The maximum absolute atomic E-state index is 5.55. The molecule has 0 aromatic heterocycles. The van der Waals surface area contributed by atoms with Crippen molar-refractivity contribution in [2.75, 3.05) is 21.3 Å². The lowest BCUT2D eigenvalue weighted by atomic mass is 10.0. The molecule has 0 spiro atoms. The van der Waals surface area contributed by atoms with Gasteiger partial charge in [-0.05, 0) is 27.0 Å². The van der Waals surface area contributed by atoms with E-state index in [9.17, 15) is 0 Å². The van der Waals surface area contributed by atoms with Gasteiger partial charge in [0.05, 0.1) is 0 Å². The van der Waals surface area contributed by atoms with E-state index in [0.29, 0.717) is 0 Å². The van der Waals surface area contributed by atoms with Crippen molar-refractivity contribution in [2.24, 2.45) is 0 Å².